The van der Waals surface area contributed by atoms with Crippen molar-refractivity contribution in [3.63, 3.8) is 0 Å². The standard InChI is InChI=1S/C14H11BrN6O3S/c15-9-1-6-13(21-8-17-19-20-21)12(7-9)14(22)18-10-2-4-11(5-3-10)25(16,23)24/h1-8H,(H,18,22)(H2,16,23,24). The van der Waals surface area contributed by atoms with Crippen LogP contribution in [0, 0.1) is 0 Å². The molecule has 0 saturated heterocycles. The second-order valence-electron chi connectivity index (χ2n) is 4.94. The molecule has 25 heavy (non-hydrogen) atoms. The molecule has 0 atom stereocenters. The van der Waals surface area contributed by atoms with Crippen molar-refractivity contribution >= 4 is 37.5 Å². The minimum atomic E-state index is -3.79. The van der Waals surface area contributed by atoms with Crippen molar-refractivity contribution < 1.29 is 13.2 Å². The van der Waals surface area contributed by atoms with E-state index >= 15 is 0 Å². The Morgan fingerprint density at radius 3 is 2.48 bits per heavy atom. The number of halogens is 1. The first-order valence-electron chi connectivity index (χ1n) is 6.82. The fourth-order valence-corrected chi connectivity index (χ4v) is 2.96. The highest BCUT2D eigenvalue weighted by Gasteiger charge is 2.15. The van der Waals surface area contributed by atoms with Crippen LogP contribution in [-0.4, -0.2) is 34.5 Å². The SMILES string of the molecule is NS(=O)(=O)c1ccc(NC(=O)c2cc(Br)ccc2-n2cnnn2)cc1. The molecule has 0 saturated carbocycles. The molecule has 2 aromatic carbocycles. The number of aromatic nitrogens is 4. The van der Waals surface area contributed by atoms with Gasteiger partial charge < -0.3 is 5.32 Å². The van der Waals surface area contributed by atoms with E-state index in [1.54, 1.807) is 18.2 Å². The van der Waals surface area contributed by atoms with E-state index in [-0.39, 0.29) is 4.90 Å². The van der Waals surface area contributed by atoms with Crippen molar-refractivity contribution in [3.05, 3.63) is 58.8 Å². The van der Waals surface area contributed by atoms with Crippen LogP contribution >= 0.6 is 15.9 Å². The largest absolute Gasteiger partial charge is 0.322 e. The first kappa shape index (κ1) is 17.2. The summed E-state index contributed by atoms with van der Waals surface area (Å²) >= 11 is 3.32. The molecule has 0 aliphatic carbocycles. The van der Waals surface area contributed by atoms with Crippen LogP contribution < -0.4 is 10.5 Å². The molecule has 0 bridgehead atoms. The Kier molecular flexibility index (Phi) is 4.61. The molecule has 128 valence electrons. The van der Waals surface area contributed by atoms with Crippen molar-refractivity contribution in [2.45, 2.75) is 4.90 Å². The number of hydrogen-bond donors (Lipinski definition) is 2. The Bertz CT molecular complexity index is 1020. The molecule has 3 aromatic rings. The molecular weight excluding hydrogens is 412 g/mol. The molecule has 9 nitrogen and oxygen atoms in total. The van der Waals surface area contributed by atoms with E-state index in [0.717, 1.165) is 0 Å². The smallest absolute Gasteiger partial charge is 0.257 e. The van der Waals surface area contributed by atoms with Gasteiger partial charge in [0.25, 0.3) is 5.91 Å². The van der Waals surface area contributed by atoms with E-state index in [1.165, 1.54) is 35.3 Å². The zero-order valence-corrected chi connectivity index (χ0v) is 14.9. The number of rotatable bonds is 4. The number of primary sulfonamides is 1. The third-order valence-electron chi connectivity index (χ3n) is 3.24. The monoisotopic (exact) mass is 422 g/mol. The number of nitrogens with two attached hydrogens (primary N) is 1. The first-order chi connectivity index (χ1) is 11.8. The van der Waals surface area contributed by atoms with Crippen molar-refractivity contribution in [1.29, 1.82) is 0 Å². The van der Waals surface area contributed by atoms with Crippen molar-refractivity contribution in [3.8, 4) is 5.69 Å². The average Bonchev–Trinajstić information content (AvgIpc) is 3.08. The Hall–Kier alpha value is -2.63. The number of nitrogens with zero attached hydrogens (tertiary/aromatic N) is 4. The number of carbonyl (C=O) groups is 1. The van der Waals surface area contributed by atoms with Gasteiger partial charge in [0.2, 0.25) is 10.0 Å². The van der Waals surface area contributed by atoms with Gasteiger partial charge in [0.05, 0.1) is 16.1 Å². The minimum absolute atomic E-state index is 0.0395. The number of anilines is 1. The topological polar surface area (TPSA) is 133 Å². The van der Waals surface area contributed by atoms with Crippen molar-refractivity contribution in [2.24, 2.45) is 5.14 Å². The summed E-state index contributed by atoms with van der Waals surface area (Å²) < 4.78 is 24.6. The summed E-state index contributed by atoms with van der Waals surface area (Å²) in [6, 6.07) is 10.6. The van der Waals surface area contributed by atoms with Gasteiger partial charge in [-0.05, 0) is 52.9 Å². The second kappa shape index (κ2) is 6.70. The highest BCUT2D eigenvalue weighted by atomic mass is 79.9. The number of benzene rings is 2. The number of carbonyl (C=O) groups excluding carboxylic acids is 1. The summed E-state index contributed by atoms with van der Waals surface area (Å²) in [5.74, 6) is -0.407. The van der Waals surface area contributed by atoms with Crippen LogP contribution in [0.1, 0.15) is 10.4 Å². The molecule has 3 rings (SSSR count). The third-order valence-corrected chi connectivity index (χ3v) is 4.66. The summed E-state index contributed by atoms with van der Waals surface area (Å²) in [5, 5.41) is 18.6. The van der Waals surface area contributed by atoms with Crippen LogP contribution in [-0.2, 0) is 10.0 Å². The van der Waals surface area contributed by atoms with Gasteiger partial charge in [-0.15, -0.1) is 5.10 Å². The summed E-state index contributed by atoms with van der Waals surface area (Å²) in [5.41, 5.74) is 1.24. The van der Waals surface area contributed by atoms with Crippen LogP contribution in [0.25, 0.3) is 5.69 Å². The van der Waals surface area contributed by atoms with Crippen molar-refractivity contribution in [1.82, 2.24) is 20.2 Å². The van der Waals surface area contributed by atoms with E-state index in [9.17, 15) is 13.2 Å². The fraction of sp³-hybridized carbons (Fsp3) is 0. The van der Waals surface area contributed by atoms with Gasteiger partial charge in [0.15, 0.2) is 0 Å². The van der Waals surface area contributed by atoms with E-state index < -0.39 is 15.9 Å². The molecule has 0 aliphatic rings. The summed E-state index contributed by atoms with van der Waals surface area (Å²) in [4.78, 5) is 12.6. The zero-order valence-electron chi connectivity index (χ0n) is 12.5. The maximum atomic E-state index is 12.6. The predicted molar refractivity (Wildman–Crippen MR) is 92.6 cm³/mol. The lowest BCUT2D eigenvalue weighted by molar-refractivity contribution is 0.102. The third kappa shape index (κ3) is 3.90. The Labute approximate surface area is 151 Å². The highest BCUT2D eigenvalue weighted by Crippen LogP contribution is 2.21. The molecule has 1 amide bonds. The average molecular weight is 423 g/mol. The summed E-state index contributed by atoms with van der Waals surface area (Å²) in [7, 11) is -3.79. The number of amides is 1. The van der Waals surface area contributed by atoms with E-state index in [1.807, 2.05) is 0 Å². The number of nitrogens with one attached hydrogen (secondary N) is 1. The lowest BCUT2D eigenvalue weighted by atomic mass is 10.1. The molecular formula is C14H11BrN6O3S. The molecule has 0 radical (unpaired) electrons. The number of sulfonamides is 1. The highest BCUT2D eigenvalue weighted by molar-refractivity contribution is 9.10. The molecule has 1 heterocycles. The lowest BCUT2D eigenvalue weighted by Gasteiger charge is -2.10. The van der Waals surface area contributed by atoms with Crippen LogP contribution in [0.2, 0.25) is 0 Å². The zero-order chi connectivity index (χ0) is 18.0. The maximum Gasteiger partial charge on any atom is 0.257 e. The molecule has 3 N–H and O–H groups in total. The Morgan fingerprint density at radius 1 is 1.16 bits per heavy atom. The molecule has 11 heteroatoms. The molecule has 1 aromatic heterocycles. The minimum Gasteiger partial charge on any atom is -0.322 e. The normalized spacial score (nSPS) is 11.3. The second-order valence-corrected chi connectivity index (χ2v) is 7.42. The Morgan fingerprint density at radius 2 is 1.88 bits per heavy atom. The quantitative estimate of drug-likeness (QED) is 0.651. The number of tetrazole rings is 1. The van der Waals surface area contributed by atoms with E-state index in [2.05, 4.69) is 36.8 Å². The van der Waals surface area contributed by atoms with Gasteiger partial charge in [0.1, 0.15) is 6.33 Å². The lowest BCUT2D eigenvalue weighted by Crippen LogP contribution is -2.16. The fourth-order valence-electron chi connectivity index (χ4n) is 2.09. The summed E-state index contributed by atoms with van der Waals surface area (Å²) in [6.45, 7) is 0. The molecule has 0 fully saturated rings. The van der Waals surface area contributed by atoms with Crippen molar-refractivity contribution in [2.75, 3.05) is 5.32 Å². The van der Waals surface area contributed by atoms with Gasteiger partial charge >= 0.3 is 0 Å². The van der Waals surface area contributed by atoms with Crippen LogP contribution in [0.4, 0.5) is 5.69 Å². The first-order valence-corrected chi connectivity index (χ1v) is 9.15. The van der Waals surface area contributed by atoms with Gasteiger partial charge in [-0.3, -0.25) is 4.79 Å². The van der Waals surface area contributed by atoms with Crippen LogP contribution in [0.3, 0.4) is 0 Å². The van der Waals surface area contributed by atoms with Gasteiger partial charge in [0, 0.05) is 10.2 Å². The van der Waals surface area contributed by atoms with Gasteiger partial charge in [-0.1, -0.05) is 15.9 Å². The molecule has 0 aliphatic heterocycles. The van der Waals surface area contributed by atoms with Crippen LogP contribution in [0.15, 0.2) is 58.2 Å². The van der Waals surface area contributed by atoms with E-state index in [4.69, 9.17) is 5.14 Å². The molecule has 0 unspecified atom stereocenters. The van der Waals surface area contributed by atoms with E-state index in [0.29, 0.717) is 21.4 Å². The van der Waals surface area contributed by atoms with Crippen LogP contribution in [0.5, 0.6) is 0 Å². The molecule has 0 spiro atoms. The van der Waals surface area contributed by atoms with Gasteiger partial charge in [-0.25, -0.2) is 13.6 Å². The maximum absolute atomic E-state index is 12.6. The number of hydrogen-bond acceptors (Lipinski definition) is 6. The predicted octanol–water partition coefficient (Wildman–Crippen LogP) is 1.32. The van der Waals surface area contributed by atoms with Gasteiger partial charge in [-0.2, -0.15) is 4.68 Å². The Balaban J connectivity index is 1.90. The summed E-state index contributed by atoms with van der Waals surface area (Å²) in [6.07, 6.45) is 1.38.